The molecule has 1 aromatic rings. The molecule has 0 aliphatic rings. The van der Waals surface area contributed by atoms with Crippen molar-refractivity contribution in [2.24, 2.45) is 0 Å². The van der Waals surface area contributed by atoms with Crippen LogP contribution in [-0.2, 0) is 0 Å². The number of nitrogens with zero attached hydrogens (tertiary/aromatic N) is 1. The summed E-state index contributed by atoms with van der Waals surface area (Å²) in [5.74, 6) is 1.23. The summed E-state index contributed by atoms with van der Waals surface area (Å²) in [6.45, 7) is 2.65. The number of likely N-dealkylation sites (N-methyl/N-ethyl adjacent to an activating group) is 1. The van der Waals surface area contributed by atoms with Gasteiger partial charge < -0.3 is 4.98 Å². The van der Waals surface area contributed by atoms with Crippen LogP contribution in [0.25, 0.3) is 0 Å². The monoisotopic (exact) mass is 240 g/mol. The Bertz CT molecular complexity index is 311. The topological polar surface area (TPSA) is 36.1 Å². The van der Waals surface area contributed by atoms with Crippen molar-refractivity contribution in [2.45, 2.75) is 19.4 Å². The van der Waals surface area contributed by atoms with Gasteiger partial charge in [-0.25, -0.2) is 0 Å². The summed E-state index contributed by atoms with van der Waals surface area (Å²) in [5.41, 5.74) is 0.700. The average Bonchev–Trinajstić information content (AvgIpc) is 2.78. The number of Topliss-reactive ketones (excluding diaryl/α,β-unsaturated/α-hetero) is 1. The predicted octanol–water partition coefficient (Wildman–Crippen LogP) is 2.27. The predicted molar refractivity (Wildman–Crippen MR) is 70.2 cm³/mol. The molecule has 1 aromatic heterocycles. The van der Waals surface area contributed by atoms with Crippen molar-refractivity contribution in [3.05, 3.63) is 24.0 Å². The Balaban J connectivity index is 2.49. The molecule has 1 unspecified atom stereocenters. The maximum atomic E-state index is 11.9. The lowest BCUT2D eigenvalue weighted by molar-refractivity contribution is 0.0920. The van der Waals surface area contributed by atoms with Gasteiger partial charge in [0.25, 0.3) is 0 Å². The molecule has 0 amide bonds. The van der Waals surface area contributed by atoms with E-state index in [4.69, 9.17) is 0 Å². The summed E-state index contributed by atoms with van der Waals surface area (Å²) < 4.78 is 0. The van der Waals surface area contributed by atoms with Crippen LogP contribution in [0.1, 0.15) is 23.8 Å². The van der Waals surface area contributed by atoms with Crippen LogP contribution >= 0.6 is 11.8 Å². The lowest BCUT2D eigenvalue weighted by atomic mass is 10.2. The van der Waals surface area contributed by atoms with Gasteiger partial charge in [0.1, 0.15) is 0 Å². The molecule has 1 atom stereocenters. The number of thioether (sulfide) groups is 1. The Hall–Kier alpha value is -0.740. The van der Waals surface area contributed by atoms with Crippen LogP contribution in [0, 0.1) is 0 Å². The highest BCUT2D eigenvalue weighted by molar-refractivity contribution is 7.98. The molecule has 1 heterocycles. The molecular formula is C12H20N2OS. The molecule has 0 spiro atoms. The number of aromatic amines is 1. The zero-order valence-corrected chi connectivity index (χ0v) is 11.0. The van der Waals surface area contributed by atoms with E-state index in [1.165, 1.54) is 0 Å². The first-order chi connectivity index (χ1) is 7.69. The van der Waals surface area contributed by atoms with E-state index in [9.17, 15) is 4.79 Å². The molecule has 1 N–H and O–H groups in total. The third kappa shape index (κ3) is 3.68. The van der Waals surface area contributed by atoms with Gasteiger partial charge in [-0.15, -0.1) is 0 Å². The summed E-state index contributed by atoms with van der Waals surface area (Å²) in [4.78, 5) is 16.9. The fourth-order valence-corrected chi connectivity index (χ4v) is 2.57. The number of nitrogens with one attached hydrogen (secondary N) is 1. The van der Waals surface area contributed by atoms with Crippen LogP contribution in [0.2, 0.25) is 0 Å². The lowest BCUT2D eigenvalue weighted by Gasteiger charge is -2.25. The molecule has 0 aliphatic heterocycles. The van der Waals surface area contributed by atoms with E-state index in [1.807, 2.05) is 30.9 Å². The first-order valence-corrected chi connectivity index (χ1v) is 6.94. The number of aromatic nitrogens is 1. The van der Waals surface area contributed by atoms with E-state index in [2.05, 4.69) is 23.1 Å². The maximum Gasteiger partial charge on any atom is 0.192 e. The lowest BCUT2D eigenvalue weighted by Crippen LogP contribution is -2.37. The van der Waals surface area contributed by atoms with E-state index in [1.54, 1.807) is 6.20 Å². The number of hydrogen-bond acceptors (Lipinski definition) is 3. The summed E-state index contributed by atoms with van der Waals surface area (Å²) in [7, 11) is 2.02. The fourth-order valence-electron chi connectivity index (χ4n) is 1.69. The van der Waals surface area contributed by atoms with Crippen molar-refractivity contribution >= 4 is 17.5 Å². The third-order valence-electron chi connectivity index (χ3n) is 2.75. The van der Waals surface area contributed by atoms with Gasteiger partial charge in [0.15, 0.2) is 5.78 Å². The second-order valence-electron chi connectivity index (χ2n) is 3.94. The van der Waals surface area contributed by atoms with Gasteiger partial charge in [-0.1, -0.05) is 6.92 Å². The fraction of sp³-hybridized carbons (Fsp3) is 0.583. The molecule has 0 saturated heterocycles. The molecule has 3 nitrogen and oxygen atoms in total. The Morgan fingerprint density at radius 2 is 2.38 bits per heavy atom. The van der Waals surface area contributed by atoms with Crippen LogP contribution < -0.4 is 0 Å². The Kier molecular flexibility index (Phi) is 5.63. The van der Waals surface area contributed by atoms with Gasteiger partial charge in [-0.05, 0) is 31.9 Å². The molecule has 1 rings (SSSR count). The zero-order valence-electron chi connectivity index (χ0n) is 10.2. The van der Waals surface area contributed by atoms with Crippen LogP contribution in [0.4, 0.5) is 0 Å². The number of carbonyl (C=O) groups is 1. The standard InChI is InChI=1S/C12H20N2OS/c1-4-10(9-16-3)14(2)8-12(15)11-6-5-7-13-11/h5-7,10,13H,4,8-9H2,1-3H3. The summed E-state index contributed by atoms with van der Waals surface area (Å²) in [5, 5.41) is 0. The van der Waals surface area contributed by atoms with Crippen LogP contribution in [0.15, 0.2) is 18.3 Å². The van der Waals surface area contributed by atoms with Crippen molar-refractivity contribution in [1.29, 1.82) is 0 Å². The van der Waals surface area contributed by atoms with Crippen LogP contribution in [0.3, 0.4) is 0 Å². The largest absolute Gasteiger partial charge is 0.359 e. The Labute approximate surface area is 102 Å². The van der Waals surface area contributed by atoms with Crippen LogP contribution in [-0.4, -0.2) is 47.3 Å². The third-order valence-corrected chi connectivity index (χ3v) is 3.46. The first kappa shape index (κ1) is 13.3. The Morgan fingerprint density at radius 1 is 1.62 bits per heavy atom. The van der Waals surface area contributed by atoms with Crippen molar-refractivity contribution in [3.63, 3.8) is 0 Å². The van der Waals surface area contributed by atoms with Crippen molar-refractivity contribution in [1.82, 2.24) is 9.88 Å². The van der Waals surface area contributed by atoms with Crippen molar-refractivity contribution in [3.8, 4) is 0 Å². The number of hydrogen-bond donors (Lipinski definition) is 1. The summed E-state index contributed by atoms with van der Waals surface area (Å²) in [6, 6.07) is 4.16. The van der Waals surface area contributed by atoms with E-state index in [0.29, 0.717) is 18.3 Å². The highest BCUT2D eigenvalue weighted by Gasteiger charge is 2.16. The minimum absolute atomic E-state index is 0.159. The molecular weight excluding hydrogens is 220 g/mol. The summed E-state index contributed by atoms with van der Waals surface area (Å²) >= 11 is 1.83. The van der Waals surface area contributed by atoms with Crippen molar-refractivity contribution in [2.75, 3.05) is 25.6 Å². The molecule has 16 heavy (non-hydrogen) atoms. The molecule has 0 bridgehead atoms. The smallest absolute Gasteiger partial charge is 0.192 e. The first-order valence-electron chi connectivity index (χ1n) is 5.54. The Morgan fingerprint density at radius 3 is 2.88 bits per heavy atom. The van der Waals surface area contributed by atoms with Gasteiger partial charge >= 0.3 is 0 Å². The second kappa shape index (κ2) is 6.76. The number of rotatable bonds is 7. The van der Waals surface area contributed by atoms with E-state index < -0.39 is 0 Å². The maximum absolute atomic E-state index is 11.9. The average molecular weight is 240 g/mol. The normalized spacial score (nSPS) is 13.0. The quantitative estimate of drug-likeness (QED) is 0.743. The molecule has 0 fully saturated rings. The van der Waals surface area contributed by atoms with Gasteiger partial charge in [0.05, 0.1) is 12.2 Å². The minimum Gasteiger partial charge on any atom is -0.359 e. The number of ketones is 1. The SMILES string of the molecule is CCC(CSC)N(C)CC(=O)c1ccc[nH]1. The van der Waals surface area contributed by atoms with Crippen LogP contribution in [0.5, 0.6) is 0 Å². The number of carbonyl (C=O) groups excluding carboxylic acids is 1. The second-order valence-corrected chi connectivity index (χ2v) is 4.85. The molecule has 90 valence electrons. The zero-order chi connectivity index (χ0) is 12.0. The van der Waals surface area contributed by atoms with E-state index >= 15 is 0 Å². The van der Waals surface area contributed by atoms with E-state index in [-0.39, 0.29) is 5.78 Å². The summed E-state index contributed by atoms with van der Waals surface area (Å²) in [6.07, 6.45) is 4.96. The molecule has 0 aromatic carbocycles. The molecule has 4 heteroatoms. The molecule has 0 radical (unpaired) electrons. The highest BCUT2D eigenvalue weighted by atomic mass is 32.2. The highest BCUT2D eigenvalue weighted by Crippen LogP contribution is 2.09. The van der Waals surface area contributed by atoms with Gasteiger partial charge in [0.2, 0.25) is 0 Å². The molecule has 0 aliphatic carbocycles. The van der Waals surface area contributed by atoms with Gasteiger partial charge in [0, 0.05) is 18.0 Å². The van der Waals surface area contributed by atoms with Gasteiger partial charge in [-0.3, -0.25) is 9.69 Å². The number of H-pyrrole nitrogens is 1. The molecule has 0 saturated carbocycles. The van der Waals surface area contributed by atoms with Crippen molar-refractivity contribution < 1.29 is 4.79 Å². The minimum atomic E-state index is 0.159. The van der Waals surface area contributed by atoms with E-state index in [0.717, 1.165) is 12.2 Å². The van der Waals surface area contributed by atoms with Gasteiger partial charge in [-0.2, -0.15) is 11.8 Å².